The van der Waals surface area contributed by atoms with Gasteiger partial charge in [0.05, 0.1) is 12.0 Å². The number of aliphatic hydroxyl groups is 3. The van der Waals surface area contributed by atoms with Gasteiger partial charge in [-0.2, -0.15) is 0 Å². The van der Waals surface area contributed by atoms with Gasteiger partial charge in [-0.25, -0.2) is 4.79 Å². The lowest BCUT2D eigenvalue weighted by Gasteiger charge is -2.65. The number of carbonyl (C=O) groups excluding carboxylic acids is 2. The number of allylic oxidation sites excluding steroid dienone is 1. The third-order valence-electron chi connectivity index (χ3n) is 8.10. The first-order valence-electron chi connectivity index (χ1n) is 9.45. The van der Waals surface area contributed by atoms with E-state index in [9.17, 15) is 24.9 Å². The molecule has 3 N–H and O–H groups in total. The van der Waals surface area contributed by atoms with Gasteiger partial charge in [0.2, 0.25) is 0 Å². The third-order valence-corrected chi connectivity index (χ3v) is 8.10. The molecule has 0 unspecified atom stereocenters. The van der Waals surface area contributed by atoms with Crippen LogP contribution < -0.4 is 0 Å². The van der Waals surface area contributed by atoms with Gasteiger partial charge in [0, 0.05) is 23.3 Å². The molecule has 0 aromatic heterocycles. The number of aliphatic hydroxyl groups excluding tert-OH is 2. The zero-order valence-corrected chi connectivity index (χ0v) is 15.5. The molecule has 2 aliphatic heterocycles. The monoisotopic (exact) mass is 376 g/mol. The lowest BCUT2D eigenvalue weighted by Crippen LogP contribution is -2.73. The van der Waals surface area contributed by atoms with E-state index in [0.29, 0.717) is 12.0 Å². The van der Waals surface area contributed by atoms with Gasteiger partial charge in [-0.15, -0.1) is 0 Å². The van der Waals surface area contributed by atoms with Crippen molar-refractivity contribution in [2.75, 3.05) is 6.61 Å². The molecule has 0 aromatic rings. The third kappa shape index (κ3) is 1.69. The molecule has 3 aliphatic carbocycles. The molecule has 0 aromatic carbocycles. The molecule has 7 heteroatoms. The van der Waals surface area contributed by atoms with Crippen molar-refractivity contribution in [3.8, 4) is 0 Å². The summed E-state index contributed by atoms with van der Waals surface area (Å²) in [6.07, 6.45) is 0.119. The number of hydrogen-bond donors (Lipinski definition) is 3. The molecule has 7 nitrogen and oxygen atoms in total. The molecule has 1 spiro atoms. The second kappa shape index (κ2) is 4.89. The second-order valence-electron chi connectivity index (χ2n) is 9.12. The van der Waals surface area contributed by atoms with Crippen LogP contribution in [0, 0.1) is 28.6 Å². The maximum Gasteiger partial charge on any atom is 0.331 e. The summed E-state index contributed by atoms with van der Waals surface area (Å²) in [6, 6.07) is 0. The van der Waals surface area contributed by atoms with Crippen LogP contribution in [0.4, 0.5) is 0 Å². The fourth-order valence-corrected chi connectivity index (χ4v) is 7.03. The van der Waals surface area contributed by atoms with E-state index < -0.39 is 58.5 Å². The standard InChI is InChI=1S/C20H24O7/c1-8-4-12(21)16(24)18(3)10(8)5-13-19-7-26-20(25,17(18)19)15(23)9(2)11(19)6-14(22)27-13/h4,6,9-10,13,15-17,23-25H,5,7H2,1-3H3/t9-,10+,13-,15-,16-,17-,18-,19-,20+/m1/s1. The minimum atomic E-state index is -1.93. The number of rotatable bonds is 0. The molecule has 5 rings (SSSR count). The molecule has 27 heavy (non-hydrogen) atoms. The van der Waals surface area contributed by atoms with Crippen molar-refractivity contribution in [3.05, 3.63) is 23.3 Å². The lowest BCUT2D eigenvalue weighted by atomic mass is 9.40. The fourth-order valence-electron chi connectivity index (χ4n) is 7.03. The Labute approximate surface area is 156 Å². The average Bonchev–Trinajstić information content (AvgIpc) is 2.90. The molecule has 1 saturated heterocycles. The van der Waals surface area contributed by atoms with Gasteiger partial charge in [-0.05, 0) is 30.9 Å². The van der Waals surface area contributed by atoms with Crippen LogP contribution in [0.15, 0.2) is 23.3 Å². The molecular formula is C20H24O7. The van der Waals surface area contributed by atoms with Crippen LogP contribution in [0.3, 0.4) is 0 Å². The van der Waals surface area contributed by atoms with E-state index in [1.165, 1.54) is 12.2 Å². The topological polar surface area (TPSA) is 113 Å². The molecule has 3 fully saturated rings. The first-order chi connectivity index (χ1) is 12.6. The zero-order valence-electron chi connectivity index (χ0n) is 15.5. The minimum Gasteiger partial charge on any atom is -0.458 e. The molecule has 2 bridgehead atoms. The van der Waals surface area contributed by atoms with Crippen molar-refractivity contribution in [1.29, 1.82) is 0 Å². The summed E-state index contributed by atoms with van der Waals surface area (Å²) in [4.78, 5) is 24.8. The number of fused-ring (bicyclic) bond motifs is 1. The Morgan fingerprint density at radius 2 is 1.93 bits per heavy atom. The van der Waals surface area contributed by atoms with E-state index in [1.807, 2.05) is 6.92 Å². The number of hydrogen-bond acceptors (Lipinski definition) is 7. The van der Waals surface area contributed by atoms with Gasteiger partial charge < -0.3 is 24.8 Å². The van der Waals surface area contributed by atoms with Gasteiger partial charge in [0.25, 0.3) is 0 Å². The summed E-state index contributed by atoms with van der Waals surface area (Å²) >= 11 is 0. The lowest BCUT2D eigenvalue weighted by molar-refractivity contribution is -0.306. The Morgan fingerprint density at radius 1 is 1.22 bits per heavy atom. The molecule has 2 heterocycles. The molecule has 0 amide bonds. The van der Waals surface area contributed by atoms with Crippen LogP contribution in [0.5, 0.6) is 0 Å². The van der Waals surface area contributed by atoms with E-state index in [-0.39, 0.29) is 12.5 Å². The minimum absolute atomic E-state index is 0.0747. The van der Waals surface area contributed by atoms with Gasteiger partial charge in [-0.3, -0.25) is 4.79 Å². The summed E-state index contributed by atoms with van der Waals surface area (Å²) in [7, 11) is 0. The average molecular weight is 376 g/mol. The number of ketones is 1. The first-order valence-corrected chi connectivity index (χ1v) is 9.45. The fraction of sp³-hybridized carbons (Fsp3) is 0.700. The highest BCUT2D eigenvalue weighted by molar-refractivity contribution is 5.96. The van der Waals surface area contributed by atoms with Crippen LogP contribution in [-0.4, -0.2) is 57.8 Å². The van der Waals surface area contributed by atoms with Crippen molar-refractivity contribution in [3.63, 3.8) is 0 Å². The Bertz CT molecular complexity index is 830. The van der Waals surface area contributed by atoms with Crippen LogP contribution in [0.1, 0.15) is 27.2 Å². The number of carbonyl (C=O) groups is 2. The Kier molecular flexibility index (Phi) is 3.18. The van der Waals surface area contributed by atoms with Gasteiger partial charge in [-0.1, -0.05) is 19.4 Å². The molecule has 5 aliphatic rings. The SMILES string of the molecule is CC1=CC(=O)[C@@H](O)[C@@]2(C)[C@H]1C[C@H]1OC(=O)C=C3[C@@H](C)[C@@H](O)[C@]4(O)OC[C@@]31[C@H]42. The van der Waals surface area contributed by atoms with Crippen molar-refractivity contribution in [1.82, 2.24) is 0 Å². The summed E-state index contributed by atoms with van der Waals surface area (Å²) in [5.74, 6) is -4.37. The zero-order chi connectivity index (χ0) is 19.5. The van der Waals surface area contributed by atoms with E-state index in [4.69, 9.17) is 9.47 Å². The number of ether oxygens (including phenoxy) is 2. The quantitative estimate of drug-likeness (QED) is 0.513. The Morgan fingerprint density at radius 3 is 2.63 bits per heavy atom. The Balaban J connectivity index is 1.82. The largest absolute Gasteiger partial charge is 0.458 e. The van der Waals surface area contributed by atoms with E-state index >= 15 is 0 Å². The van der Waals surface area contributed by atoms with Gasteiger partial charge in [0.15, 0.2) is 11.6 Å². The van der Waals surface area contributed by atoms with Crippen LogP contribution in [-0.2, 0) is 19.1 Å². The summed E-state index contributed by atoms with van der Waals surface area (Å²) in [5, 5.41) is 33.4. The predicted molar refractivity (Wildman–Crippen MR) is 90.9 cm³/mol. The Hall–Kier alpha value is -1.54. The maximum absolute atomic E-state index is 12.5. The van der Waals surface area contributed by atoms with Crippen molar-refractivity contribution in [2.45, 2.75) is 51.3 Å². The highest BCUT2D eigenvalue weighted by Crippen LogP contribution is 2.72. The molecule has 0 radical (unpaired) electrons. The van der Waals surface area contributed by atoms with Crippen molar-refractivity contribution in [2.24, 2.45) is 28.6 Å². The predicted octanol–water partition coefficient (Wildman–Crippen LogP) is 0.0863. The first kappa shape index (κ1) is 17.6. The van der Waals surface area contributed by atoms with Crippen LogP contribution in [0.25, 0.3) is 0 Å². The van der Waals surface area contributed by atoms with Gasteiger partial charge >= 0.3 is 5.97 Å². The molecule has 146 valence electrons. The van der Waals surface area contributed by atoms with E-state index in [0.717, 1.165) is 5.57 Å². The van der Waals surface area contributed by atoms with Crippen molar-refractivity contribution < 1.29 is 34.4 Å². The van der Waals surface area contributed by atoms with E-state index in [2.05, 4.69) is 0 Å². The highest BCUT2D eigenvalue weighted by atomic mass is 16.6. The smallest absolute Gasteiger partial charge is 0.331 e. The summed E-state index contributed by atoms with van der Waals surface area (Å²) in [6.45, 7) is 5.44. The van der Waals surface area contributed by atoms with Crippen LogP contribution in [0.2, 0.25) is 0 Å². The summed E-state index contributed by atoms with van der Waals surface area (Å²) < 4.78 is 11.5. The van der Waals surface area contributed by atoms with Crippen molar-refractivity contribution >= 4 is 11.8 Å². The molecule has 9 atom stereocenters. The highest BCUT2D eigenvalue weighted by Gasteiger charge is 2.80. The van der Waals surface area contributed by atoms with Crippen LogP contribution >= 0.6 is 0 Å². The second-order valence-corrected chi connectivity index (χ2v) is 9.12. The normalized spacial score (nSPS) is 55.9. The summed E-state index contributed by atoms with van der Waals surface area (Å²) in [5.41, 5.74) is -0.437. The molecular weight excluding hydrogens is 352 g/mol. The molecule has 2 saturated carbocycles. The number of esters is 1. The maximum atomic E-state index is 12.5. The van der Waals surface area contributed by atoms with Gasteiger partial charge in [0.1, 0.15) is 18.3 Å². The van der Waals surface area contributed by atoms with E-state index in [1.54, 1.807) is 13.8 Å².